The molecule has 2 N–H and O–H groups in total. The SMILES string of the molecule is CCOc1cc(C(=O)NNC(=O)COc2cc(C)cc(C)c2)ccc1OC(F)F. The monoisotopic (exact) mass is 408 g/mol. The first-order valence-corrected chi connectivity index (χ1v) is 8.80. The van der Waals surface area contributed by atoms with Crippen LogP contribution in [-0.2, 0) is 4.79 Å². The van der Waals surface area contributed by atoms with Crippen LogP contribution in [0.5, 0.6) is 17.2 Å². The van der Waals surface area contributed by atoms with E-state index in [1.807, 2.05) is 19.9 Å². The van der Waals surface area contributed by atoms with Crippen molar-refractivity contribution in [2.45, 2.75) is 27.4 Å². The lowest BCUT2D eigenvalue weighted by atomic mass is 10.1. The average Bonchev–Trinajstić information content (AvgIpc) is 2.65. The van der Waals surface area contributed by atoms with Gasteiger partial charge in [0.15, 0.2) is 18.1 Å². The minimum Gasteiger partial charge on any atom is -0.490 e. The molecular formula is C20H22F2N2O5. The highest BCUT2D eigenvalue weighted by molar-refractivity contribution is 5.96. The number of nitrogens with one attached hydrogen (secondary N) is 2. The van der Waals surface area contributed by atoms with Crippen molar-refractivity contribution in [1.82, 2.24) is 10.9 Å². The molecule has 0 aliphatic rings. The van der Waals surface area contributed by atoms with Gasteiger partial charge in [-0.05, 0) is 62.2 Å². The molecule has 9 heteroatoms. The van der Waals surface area contributed by atoms with Crippen LogP contribution >= 0.6 is 0 Å². The second-order valence-corrected chi connectivity index (χ2v) is 6.09. The highest BCUT2D eigenvalue weighted by atomic mass is 19.3. The number of alkyl halides is 2. The summed E-state index contributed by atoms with van der Waals surface area (Å²) in [4.78, 5) is 24.1. The maximum absolute atomic E-state index is 12.4. The zero-order valence-corrected chi connectivity index (χ0v) is 16.3. The molecule has 2 amide bonds. The molecule has 2 rings (SSSR count). The van der Waals surface area contributed by atoms with Gasteiger partial charge in [-0.3, -0.25) is 20.4 Å². The van der Waals surface area contributed by atoms with E-state index in [1.54, 1.807) is 19.1 Å². The van der Waals surface area contributed by atoms with Crippen LogP contribution in [0.4, 0.5) is 8.78 Å². The number of halogens is 2. The van der Waals surface area contributed by atoms with E-state index >= 15 is 0 Å². The summed E-state index contributed by atoms with van der Waals surface area (Å²) >= 11 is 0. The summed E-state index contributed by atoms with van der Waals surface area (Å²) in [6, 6.07) is 9.26. The molecular weight excluding hydrogens is 386 g/mol. The lowest BCUT2D eigenvalue weighted by molar-refractivity contribution is -0.123. The summed E-state index contributed by atoms with van der Waals surface area (Å²) in [6.07, 6.45) is 0. The number of hydrogen-bond donors (Lipinski definition) is 2. The van der Waals surface area contributed by atoms with Crippen molar-refractivity contribution in [3.63, 3.8) is 0 Å². The lowest BCUT2D eigenvalue weighted by Gasteiger charge is -2.13. The Balaban J connectivity index is 1.92. The molecule has 0 aliphatic carbocycles. The molecule has 0 fully saturated rings. The van der Waals surface area contributed by atoms with E-state index in [4.69, 9.17) is 9.47 Å². The first-order chi connectivity index (χ1) is 13.8. The molecule has 0 bridgehead atoms. The Morgan fingerprint density at radius 2 is 1.66 bits per heavy atom. The molecule has 0 spiro atoms. The predicted octanol–water partition coefficient (Wildman–Crippen LogP) is 3.14. The quantitative estimate of drug-likeness (QED) is 0.656. The van der Waals surface area contributed by atoms with Crippen LogP contribution < -0.4 is 25.1 Å². The number of aryl methyl sites for hydroxylation is 2. The van der Waals surface area contributed by atoms with Gasteiger partial charge in [-0.1, -0.05) is 6.07 Å². The zero-order chi connectivity index (χ0) is 21.4. The fourth-order valence-corrected chi connectivity index (χ4v) is 2.51. The normalized spacial score (nSPS) is 10.4. The zero-order valence-electron chi connectivity index (χ0n) is 16.3. The van der Waals surface area contributed by atoms with E-state index in [-0.39, 0.29) is 30.3 Å². The maximum atomic E-state index is 12.4. The van der Waals surface area contributed by atoms with E-state index in [1.165, 1.54) is 18.2 Å². The smallest absolute Gasteiger partial charge is 0.387 e. The number of ether oxygens (including phenoxy) is 3. The van der Waals surface area contributed by atoms with Crippen LogP contribution in [-0.4, -0.2) is 31.6 Å². The Kier molecular flexibility index (Phi) is 7.76. The summed E-state index contributed by atoms with van der Waals surface area (Å²) in [5, 5.41) is 0. The highest BCUT2D eigenvalue weighted by Gasteiger charge is 2.15. The lowest BCUT2D eigenvalue weighted by Crippen LogP contribution is -2.43. The number of hydrogen-bond acceptors (Lipinski definition) is 5. The van der Waals surface area contributed by atoms with Crippen LogP contribution in [0, 0.1) is 13.8 Å². The van der Waals surface area contributed by atoms with E-state index in [2.05, 4.69) is 15.6 Å². The summed E-state index contributed by atoms with van der Waals surface area (Å²) in [6.45, 7) is 2.36. The molecule has 0 atom stereocenters. The molecule has 7 nitrogen and oxygen atoms in total. The van der Waals surface area contributed by atoms with Crippen molar-refractivity contribution < 1.29 is 32.6 Å². The predicted molar refractivity (Wildman–Crippen MR) is 101 cm³/mol. The second kappa shape index (κ2) is 10.3. The van der Waals surface area contributed by atoms with Crippen LogP contribution in [0.3, 0.4) is 0 Å². The number of carbonyl (C=O) groups is 2. The number of amides is 2. The molecule has 0 aliphatic heterocycles. The molecule has 29 heavy (non-hydrogen) atoms. The van der Waals surface area contributed by atoms with Crippen LogP contribution in [0.1, 0.15) is 28.4 Å². The van der Waals surface area contributed by atoms with Crippen molar-refractivity contribution in [2.24, 2.45) is 0 Å². The average molecular weight is 408 g/mol. The van der Waals surface area contributed by atoms with Crippen molar-refractivity contribution >= 4 is 11.8 Å². The van der Waals surface area contributed by atoms with Crippen LogP contribution in [0.2, 0.25) is 0 Å². The Morgan fingerprint density at radius 1 is 0.966 bits per heavy atom. The molecule has 0 radical (unpaired) electrons. The number of benzene rings is 2. The van der Waals surface area contributed by atoms with Gasteiger partial charge in [0.05, 0.1) is 6.61 Å². The van der Waals surface area contributed by atoms with E-state index in [0.717, 1.165) is 11.1 Å². The molecule has 156 valence electrons. The standard InChI is InChI=1S/C20H22F2N2O5/c1-4-27-17-10-14(5-6-16(17)29-20(21)22)19(26)24-23-18(25)11-28-15-8-12(2)7-13(3)9-15/h5-10,20H,4,11H2,1-3H3,(H,23,25)(H,24,26). The van der Waals surface area contributed by atoms with E-state index < -0.39 is 18.4 Å². The molecule has 2 aromatic rings. The molecule has 2 aromatic carbocycles. The Bertz CT molecular complexity index is 854. The van der Waals surface area contributed by atoms with Crippen molar-refractivity contribution in [3.05, 3.63) is 53.1 Å². The molecule has 0 saturated carbocycles. The number of carbonyl (C=O) groups excluding carboxylic acids is 2. The number of hydrazine groups is 1. The Morgan fingerprint density at radius 3 is 2.28 bits per heavy atom. The topological polar surface area (TPSA) is 85.9 Å². The van der Waals surface area contributed by atoms with Gasteiger partial charge in [-0.25, -0.2) is 0 Å². The van der Waals surface area contributed by atoms with Crippen molar-refractivity contribution in [2.75, 3.05) is 13.2 Å². The largest absolute Gasteiger partial charge is 0.490 e. The van der Waals surface area contributed by atoms with Gasteiger partial charge in [-0.2, -0.15) is 8.78 Å². The summed E-state index contributed by atoms with van der Waals surface area (Å²) in [5.41, 5.74) is 6.53. The van der Waals surface area contributed by atoms with Gasteiger partial charge < -0.3 is 14.2 Å². The maximum Gasteiger partial charge on any atom is 0.387 e. The molecule has 0 unspecified atom stereocenters. The van der Waals surface area contributed by atoms with Gasteiger partial charge in [0.25, 0.3) is 11.8 Å². The van der Waals surface area contributed by atoms with Gasteiger partial charge in [0.1, 0.15) is 5.75 Å². The minimum absolute atomic E-state index is 0.00933. The van der Waals surface area contributed by atoms with E-state index in [9.17, 15) is 18.4 Å². The minimum atomic E-state index is -3.02. The Hall–Kier alpha value is -3.36. The molecule has 0 heterocycles. The first-order valence-electron chi connectivity index (χ1n) is 8.80. The molecule has 0 saturated heterocycles. The third kappa shape index (κ3) is 6.95. The van der Waals surface area contributed by atoms with Gasteiger partial charge in [0, 0.05) is 5.56 Å². The van der Waals surface area contributed by atoms with Crippen LogP contribution in [0.25, 0.3) is 0 Å². The van der Waals surface area contributed by atoms with Crippen molar-refractivity contribution in [3.8, 4) is 17.2 Å². The van der Waals surface area contributed by atoms with Crippen LogP contribution in [0.15, 0.2) is 36.4 Å². The summed E-state index contributed by atoms with van der Waals surface area (Å²) in [5.74, 6) is -0.886. The third-order valence-electron chi connectivity index (χ3n) is 3.60. The summed E-state index contributed by atoms with van der Waals surface area (Å²) in [7, 11) is 0. The Labute approximate surface area is 166 Å². The fourth-order valence-electron chi connectivity index (χ4n) is 2.51. The van der Waals surface area contributed by atoms with Crippen molar-refractivity contribution in [1.29, 1.82) is 0 Å². The summed E-state index contributed by atoms with van der Waals surface area (Å²) < 4.78 is 39.8. The molecule has 0 aromatic heterocycles. The highest BCUT2D eigenvalue weighted by Crippen LogP contribution is 2.29. The second-order valence-electron chi connectivity index (χ2n) is 6.09. The first kappa shape index (κ1) is 21.9. The van der Waals surface area contributed by atoms with E-state index in [0.29, 0.717) is 5.75 Å². The fraction of sp³-hybridized carbons (Fsp3) is 0.300. The third-order valence-corrected chi connectivity index (χ3v) is 3.60. The van der Waals surface area contributed by atoms with Gasteiger partial charge >= 0.3 is 6.61 Å². The van der Waals surface area contributed by atoms with Gasteiger partial charge in [-0.15, -0.1) is 0 Å². The number of rotatable bonds is 8. The van der Waals surface area contributed by atoms with Gasteiger partial charge in [0.2, 0.25) is 0 Å².